The van der Waals surface area contributed by atoms with Gasteiger partial charge in [0.05, 0.1) is 12.7 Å². The van der Waals surface area contributed by atoms with Crippen LogP contribution in [-0.4, -0.2) is 49.2 Å². The van der Waals surface area contributed by atoms with Crippen LogP contribution in [0.4, 0.5) is 0 Å². The van der Waals surface area contributed by atoms with Crippen LogP contribution in [0.25, 0.3) is 0 Å². The van der Waals surface area contributed by atoms with Gasteiger partial charge < -0.3 is 14.8 Å². The van der Waals surface area contributed by atoms with Gasteiger partial charge in [0.1, 0.15) is 17.6 Å². The first kappa shape index (κ1) is 33.0. The average molecular weight is 611 g/mol. The second-order valence-corrected chi connectivity index (χ2v) is 12.8. The fraction of sp³-hybridized carbons (Fsp3) is 0.513. The monoisotopic (exact) mass is 610 g/mol. The highest BCUT2D eigenvalue weighted by molar-refractivity contribution is 6.45. The Kier molecular flexibility index (Phi) is 12.8. The number of ketones is 2. The van der Waals surface area contributed by atoms with E-state index in [1.807, 2.05) is 18.2 Å². The molecule has 6 nitrogen and oxygen atoms in total. The van der Waals surface area contributed by atoms with Gasteiger partial charge in [0.2, 0.25) is 0 Å². The van der Waals surface area contributed by atoms with E-state index in [9.17, 15) is 9.59 Å². The molecule has 2 aliphatic heterocycles. The molecule has 240 valence electrons. The van der Waals surface area contributed by atoms with Crippen molar-refractivity contribution in [1.29, 1.82) is 0 Å². The van der Waals surface area contributed by atoms with Crippen LogP contribution in [-0.2, 0) is 33.6 Å². The maximum Gasteiger partial charge on any atom is 0.181 e. The number of carbonyl (C=O) groups excluding carboxylic acids is 2. The normalized spacial score (nSPS) is 20.1. The maximum atomic E-state index is 13.2. The lowest BCUT2D eigenvalue weighted by Crippen LogP contribution is -2.50. The zero-order valence-electron chi connectivity index (χ0n) is 27.0. The van der Waals surface area contributed by atoms with E-state index >= 15 is 0 Å². The number of allylic oxidation sites excluding steroid dienone is 3. The summed E-state index contributed by atoms with van der Waals surface area (Å²) in [5.41, 5.74) is 4.84. The smallest absolute Gasteiger partial charge is 0.181 e. The van der Waals surface area contributed by atoms with Crippen LogP contribution in [0.5, 0.6) is 5.75 Å². The molecule has 2 aromatic carbocycles. The molecule has 0 spiro atoms. The number of ether oxygens (including phenoxy) is 2. The van der Waals surface area contributed by atoms with E-state index in [1.54, 1.807) is 12.3 Å². The Morgan fingerprint density at radius 3 is 2.16 bits per heavy atom. The molecule has 0 radical (unpaired) electrons. The average Bonchev–Trinajstić information content (AvgIpc) is 3.48. The van der Waals surface area contributed by atoms with Crippen LogP contribution in [0, 0.1) is 5.92 Å². The van der Waals surface area contributed by atoms with Crippen molar-refractivity contribution in [3.8, 4) is 5.75 Å². The Balaban J connectivity index is 1.02. The van der Waals surface area contributed by atoms with Crippen LogP contribution < -0.4 is 10.1 Å². The fourth-order valence-electron chi connectivity index (χ4n) is 6.33. The SMILES string of the molecule is CCC1CCC(OCCc2ccc(CCCC(=O)C3=CC(C(=O)CCCc4ccc(OC5CNC5)cc4)=NC=CCC3)cc2)C1. The minimum Gasteiger partial charge on any atom is -0.488 e. The van der Waals surface area contributed by atoms with E-state index in [4.69, 9.17) is 9.47 Å². The van der Waals surface area contributed by atoms with E-state index in [1.165, 1.54) is 42.4 Å². The Morgan fingerprint density at radius 2 is 1.51 bits per heavy atom. The van der Waals surface area contributed by atoms with Gasteiger partial charge in [0.25, 0.3) is 0 Å². The van der Waals surface area contributed by atoms with Gasteiger partial charge in [-0.3, -0.25) is 14.6 Å². The summed E-state index contributed by atoms with van der Waals surface area (Å²) in [6, 6.07) is 16.9. The Labute approximate surface area is 269 Å². The zero-order chi connectivity index (χ0) is 31.3. The van der Waals surface area contributed by atoms with E-state index in [0.29, 0.717) is 36.7 Å². The molecule has 45 heavy (non-hydrogen) atoms. The number of carbonyl (C=O) groups is 2. The second kappa shape index (κ2) is 17.4. The molecular weight excluding hydrogens is 560 g/mol. The molecule has 1 N–H and O–H groups in total. The summed E-state index contributed by atoms with van der Waals surface area (Å²) in [6.07, 6.45) is 17.5. The standard InChI is InChI=1S/C39H50N2O4/c1-2-29-16-21-35(25-29)44-24-22-32-14-12-30(13-15-32)7-5-10-38(42)33-9-3-4-23-41-37(26-33)39(43)11-6-8-31-17-19-34(20-18-31)45-36-27-40-28-36/h4,12-15,17-20,23,26,29,35-36,40H,2-3,5-11,16,21-22,24-25,27-28H2,1H3. The van der Waals surface area contributed by atoms with Crippen LogP contribution in [0.1, 0.15) is 87.8 Å². The Bertz CT molecular complexity index is 1340. The minimum atomic E-state index is -0.0110. The van der Waals surface area contributed by atoms with E-state index in [0.717, 1.165) is 69.9 Å². The molecule has 2 unspecified atom stereocenters. The van der Waals surface area contributed by atoms with Gasteiger partial charge in [-0.05, 0) is 111 Å². The highest BCUT2D eigenvalue weighted by atomic mass is 16.5. The van der Waals surface area contributed by atoms with Gasteiger partial charge in [0.15, 0.2) is 11.6 Å². The van der Waals surface area contributed by atoms with Crippen LogP contribution in [0.15, 0.2) is 77.4 Å². The third-order valence-electron chi connectivity index (χ3n) is 9.40. The molecule has 0 bridgehead atoms. The largest absolute Gasteiger partial charge is 0.488 e. The van der Waals surface area contributed by atoms with Crippen molar-refractivity contribution in [2.24, 2.45) is 10.9 Å². The molecule has 3 aliphatic rings. The molecule has 0 aromatic heterocycles. The van der Waals surface area contributed by atoms with E-state index in [2.05, 4.69) is 53.6 Å². The number of nitrogens with zero attached hydrogens (tertiary/aromatic N) is 1. The first-order valence-electron chi connectivity index (χ1n) is 17.2. The lowest BCUT2D eigenvalue weighted by molar-refractivity contribution is -0.115. The number of Topliss-reactive ketones (excluding diaryl/α,β-unsaturated/α-hetero) is 2. The minimum absolute atomic E-state index is 0.0110. The summed E-state index contributed by atoms with van der Waals surface area (Å²) in [6.45, 7) is 4.86. The summed E-state index contributed by atoms with van der Waals surface area (Å²) >= 11 is 0. The molecule has 2 fully saturated rings. The third kappa shape index (κ3) is 10.6. The number of benzene rings is 2. The van der Waals surface area contributed by atoms with Crippen molar-refractivity contribution in [1.82, 2.24) is 5.32 Å². The molecule has 2 aromatic rings. The van der Waals surface area contributed by atoms with Crippen molar-refractivity contribution in [2.75, 3.05) is 19.7 Å². The van der Waals surface area contributed by atoms with Crippen molar-refractivity contribution in [3.63, 3.8) is 0 Å². The quantitative estimate of drug-likeness (QED) is 0.203. The maximum absolute atomic E-state index is 13.2. The Morgan fingerprint density at radius 1 is 0.844 bits per heavy atom. The van der Waals surface area contributed by atoms with Crippen molar-refractivity contribution in [2.45, 2.75) is 103 Å². The molecule has 1 aliphatic carbocycles. The topological polar surface area (TPSA) is 77.0 Å². The summed E-state index contributed by atoms with van der Waals surface area (Å²) in [5, 5.41) is 3.21. The molecule has 0 amide bonds. The number of nitrogens with one attached hydrogen (secondary N) is 1. The van der Waals surface area contributed by atoms with Gasteiger partial charge in [-0.1, -0.05) is 55.8 Å². The highest BCUT2D eigenvalue weighted by Crippen LogP contribution is 2.30. The second-order valence-electron chi connectivity index (χ2n) is 12.8. The summed E-state index contributed by atoms with van der Waals surface area (Å²) in [4.78, 5) is 30.6. The molecular formula is C39H50N2O4. The predicted molar refractivity (Wildman–Crippen MR) is 181 cm³/mol. The highest BCUT2D eigenvalue weighted by Gasteiger charge is 2.23. The van der Waals surface area contributed by atoms with E-state index in [-0.39, 0.29) is 17.7 Å². The number of aryl methyl sites for hydroxylation is 2. The van der Waals surface area contributed by atoms with Gasteiger partial charge in [-0.15, -0.1) is 0 Å². The molecule has 2 heterocycles. The van der Waals surface area contributed by atoms with Crippen molar-refractivity contribution < 1.29 is 19.1 Å². The predicted octanol–water partition coefficient (Wildman–Crippen LogP) is 7.33. The van der Waals surface area contributed by atoms with Gasteiger partial charge >= 0.3 is 0 Å². The molecule has 1 saturated heterocycles. The number of aliphatic imine (C=N–C) groups is 1. The van der Waals surface area contributed by atoms with Gasteiger partial charge in [-0.2, -0.15) is 0 Å². The van der Waals surface area contributed by atoms with Crippen LogP contribution in [0.2, 0.25) is 0 Å². The summed E-state index contributed by atoms with van der Waals surface area (Å²) < 4.78 is 12.0. The summed E-state index contributed by atoms with van der Waals surface area (Å²) in [5.74, 6) is 1.84. The first-order chi connectivity index (χ1) is 22.1. The number of rotatable bonds is 17. The molecule has 2 atom stereocenters. The number of hydrogen-bond donors (Lipinski definition) is 1. The zero-order valence-corrected chi connectivity index (χ0v) is 27.0. The lowest BCUT2D eigenvalue weighted by Gasteiger charge is -2.27. The van der Waals surface area contributed by atoms with Gasteiger partial charge in [-0.25, -0.2) is 0 Å². The summed E-state index contributed by atoms with van der Waals surface area (Å²) in [7, 11) is 0. The number of hydrogen-bond acceptors (Lipinski definition) is 6. The van der Waals surface area contributed by atoms with Gasteiger partial charge in [0, 0.05) is 32.1 Å². The fourth-order valence-corrected chi connectivity index (χ4v) is 6.33. The molecule has 1 saturated carbocycles. The Hall–Kier alpha value is -3.35. The molecule has 6 heteroatoms. The first-order valence-corrected chi connectivity index (χ1v) is 17.2. The van der Waals surface area contributed by atoms with Crippen LogP contribution >= 0.6 is 0 Å². The lowest BCUT2D eigenvalue weighted by atomic mass is 9.96. The van der Waals surface area contributed by atoms with Crippen molar-refractivity contribution >= 4 is 17.3 Å². The van der Waals surface area contributed by atoms with E-state index < -0.39 is 0 Å². The third-order valence-corrected chi connectivity index (χ3v) is 9.40. The molecule has 5 rings (SSSR count). The van der Waals surface area contributed by atoms with Crippen LogP contribution in [0.3, 0.4) is 0 Å². The van der Waals surface area contributed by atoms with Crippen molar-refractivity contribution in [3.05, 3.63) is 89.1 Å².